The number of alkyl halides is 3. The molecule has 2 aromatic heterocycles. The molecule has 148 valence electrons. The number of hydrogen-bond acceptors (Lipinski definition) is 5. The summed E-state index contributed by atoms with van der Waals surface area (Å²) in [6, 6.07) is 3.05. The lowest BCUT2D eigenvalue weighted by molar-refractivity contribution is -0.154. The highest BCUT2D eigenvalue weighted by molar-refractivity contribution is 7.09. The minimum Gasteiger partial charge on any atom is -0.468 e. The van der Waals surface area contributed by atoms with E-state index in [1.54, 1.807) is 24.5 Å². The van der Waals surface area contributed by atoms with E-state index in [0.717, 1.165) is 16.3 Å². The van der Waals surface area contributed by atoms with E-state index >= 15 is 0 Å². The predicted molar refractivity (Wildman–Crippen MR) is 99.0 cm³/mol. The van der Waals surface area contributed by atoms with Gasteiger partial charge in [0, 0.05) is 31.2 Å². The molecule has 0 saturated heterocycles. The molecule has 0 aromatic carbocycles. The van der Waals surface area contributed by atoms with Crippen molar-refractivity contribution < 1.29 is 17.9 Å². The fourth-order valence-corrected chi connectivity index (χ4v) is 2.89. The quantitative estimate of drug-likeness (QED) is 0.549. The summed E-state index contributed by atoms with van der Waals surface area (Å²) in [6.07, 6.45) is -2.92. The Morgan fingerprint density at radius 3 is 2.56 bits per heavy atom. The van der Waals surface area contributed by atoms with E-state index in [4.69, 9.17) is 0 Å². The van der Waals surface area contributed by atoms with Gasteiger partial charge < -0.3 is 15.4 Å². The zero-order chi connectivity index (χ0) is 19.9. The van der Waals surface area contributed by atoms with Crippen molar-refractivity contribution in [2.24, 2.45) is 4.99 Å². The van der Waals surface area contributed by atoms with Crippen molar-refractivity contribution >= 4 is 17.3 Å². The molecule has 2 aromatic rings. The Labute approximate surface area is 159 Å². The molecule has 0 aliphatic rings. The molecule has 0 atom stereocenters. The van der Waals surface area contributed by atoms with E-state index < -0.39 is 12.8 Å². The normalized spacial score (nSPS) is 12.3. The number of halogens is 3. The molecule has 0 spiro atoms. The number of rotatable bonds is 7. The van der Waals surface area contributed by atoms with Gasteiger partial charge >= 0.3 is 6.18 Å². The van der Waals surface area contributed by atoms with Crippen LogP contribution >= 0.6 is 11.3 Å². The molecular weight excluding hydrogens is 379 g/mol. The van der Waals surface area contributed by atoms with E-state index in [9.17, 15) is 13.2 Å². The zero-order valence-electron chi connectivity index (χ0n) is 15.3. The third kappa shape index (κ3) is 7.41. The number of aromatic nitrogens is 2. The first-order valence-corrected chi connectivity index (χ1v) is 9.18. The van der Waals surface area contributed by atoms with E-state index in [-0.39, 0.29) is 5.88 Å². The Morgan fingerprint density at radius 2 is 2.00 bits per heavy atom. The second kappa shape index (κ2) is 9.54. The number of ether oxygens (including phenoxy) is 1. The molecule has 6 nitrogen and oxygen atoms in total. The van der Waals surface area contributed by atoms with Gasteiger partial charge in [-0.1, -0.05) is 19.9 Å². The summed E-state index contributed by atoms with van der Waals surface area (Å²) in [4.78, 5) is 12.6. The first-order valence-electron chi connectivity index (χ1n) is 8.30. The molecule has 0 bridgehead atoms. The van der Waals surface area contributed by atoms with Gasteiger partial charge in [-0.05, 0) is 11.5 Å². The fourth-order valence-electron chi connectivity index (χ4n) is 1.99. The van der Waals surface area contributed by atoms with Crippen LogP contribution in [0.15, 0.2) is 28.7 Å². The lowest BCUT2D eigenvalue weighted by atomic mass is 10.2. The Balaban J connectivity index is 1.79. The van der Waals surface area contributed by atoms with Gasteiger partial charge in [0.25, 0.3) is 0 Å². The van der Waals surface area contributed by atoms with Crippen LogP contribution in [0.4, 0.5) is 13.2 Å². The van der Waals surface area contributed by atoms with Crippen molar-refractivity contribution in [1.82, 2.24) is 20.6 Å². The van der Waals surface area contributed by atoms with Crippen LogP contribution in [0.2, 0.25) is 0 Å². The van der Waals surface area contributed by atoms with Crippen molar-refractivity contribution in [3.63, 3.8) is 0 Å². The average Bonchev–Trinajstić information content (AvgIpc) is 3.10. The van der Waals surface area contributed by atoms with Gasteiger partial charge in [-0.2, -0.15) is 13.2 Å². The second-order valence-electron chi connectivity index (χ2n) is 6.01. The molecule has 0 saturated carbocycles. The van der Waals surface area contributed by atoms with Crippen molar-refractivity contribution in [1.29, 1.82) is 0 Å². The highest BCUT2D eigenvalue weighted by atomic mass is 32.1. The van der Waals surface area contributed by atoms with Crippen LogP contribution < -0.4 is 15.4 Å². The average molecular weight is 401 g/mol. The largest absolute Gasteiger partial charge is 0.468 e. The number of pyridine rings is 1. The maximum Gasteiger partial charge on any atom is 0.422 e. The Morgan fingerprint density at radius 1 is 1.26 bits per heavy atom. The van der Waals surface area contributed by atoms with Gasteiger partial charge in [0.2, 0.25) is 5.88 Å². The smallest absolute Gasteiger partial charge is 0.422 e. The molecular formula is C17H22F3N5OS. The Kier molecular flexibility index (Phi) is 7.40. The number of nitrogens with one attached hydrogen (secondary N) is 2. The summed E-state index contributed by atoms with van der Waals surface area (Å²) in [5.41, 5.74) is 1.85. The Hall–Kier alpha value is -2.36. The minimum atomic E-state index is -4.38. The molecule has 2 rings (SSSR count). The van der Waals surface area contributed by atoms with Crippen LogP contribution in [-0.4, -0.2) is 35.8 Å². The molecule has 0 radical (unpaired) electrons. The van der Waals surface area contributed by atoms with Crippen molar-refractivity contribution in [2.45, 2.75) is 39.0 Å². The van der Waals surface area contributed by atoms with Gasteiger partial charge in [-0.25, -0.2) is 9.97 Å². The SMILES string of the molecule is CN=C(NCc1ccc(OCC(F)(F)F)nc1)NCc1nc(C(C)C)cs1. The van der Waals surface area contributed by atoms with E-state index in [1.165, 1.54) is 12.3 Å². The standard InChI is InChI=1S/C17H22F3N5OS/c1-11(2)13-9-27-15(25-13)8-24-16(21-3)23-7-12-4-5-14(22-6-12)26-10-17(18,19)20/h4-6,9,11H,7-8,10H2,1-3H3,(H2,21,23,24). The van der Waals surface area contributed by atoms with E-state index in [2.05, 4.69) is 44.2 Å². The van der Waals surface area contributed by atoms with Gasteiger partial charge in [-0.3, -0.25) is 4.99 Å². The molecule has 0 aliphatic heterocycles. The second-order valence-corrected chi connectivity index (χ2v) is 6.95. The maximum absolute atomic E-state index is 12.1. The summed E-state index contributed by atoms with van der Waals surface area (Å²) in [6.45, 7) is 3.81. The number of thiazole rings is 1. The highest BCUT2D eigenvalue weighted by Gasteiger charge is 2.28. The van der Waals surface area contributed by atoms with Crippen LogP contribution in [0, 0.1) is 0 Å². The summed E-state index contributed by atoms with van der Waals surface area (Å²) < 4.78 is 40.9. The molecule has 0 fully saturated rings. The van der Waals surface area contributed by atoms with Crippen molar-refractivity contribution in [3.8, 4) is 5.88 Å². The third-order valence-electron chi connectivity index (χ3n) is 3.43. The Bertz CT molecular complexity index is 744. The topological polar surface area (TPSA) is 71.4 Å². The highest BCUT2D eigenvalue weighted by Crippen LogP contribution is 2.18. The van der Waals surface area contributed by atoms with Crippen LogP contribution in [0.5, 0.6) is 5.88 Å². The molecule has 2 N–H and O–H groups in total. The molecule has 0 amide bonds. The number of guanidine groups is 1. The monoisotopic (exact) mass is 401 g/mol. The zero-order valence-corrected chi connectivity index (χ0v) is 16.1. The minimum absolute atomic E-state index is 0.0664. The van der Waals surface area contributed by atoms with Crippen molar-refractivity contribution in [3.05, 3.63) is 40.0 Å². The van der Waals surface area contributed by atoms with Gasteiger partial charge in [0.1, 0.15) is 5.01 Å². The van der Waals surface area contributed by atoms with Crippen LogP contribution in [0.25, 0.3) is 0 Å². The molecule has 10 heteroatoms. The first kappa shape index (κ1) is 20.9. The van der Waals surface area contributed by atoms with Crippen molar-refractivity contribution in [2.75, 3.05) is 13.7 Å². The van der Waals surface area contributed by atoms with Gasteiger partial charge in [-0.15, -0.1) is 11.3 Å². The maximum atomic E-state index is 12.1. The lowest BCUT2D eigenvalue weighted by Crippen LogP contribution is -2.36. The van der Waals surface area contributed by atoms with Gasteiger partial charge in [0.05, 0.1) is 12.2 Å². The molecule has 0 aliphatic carbocycles. The number of nitrogens with zero attached hydrogens (tertiary/aromatic N) is 3. The van der Waals surface area contributed by atoms with Crippen LogP contribution in [-0.2, 0) is 13.1 Å². The lowest BCUT2D eigenvalue weighted by Gasteiger charge is -2.11. The summed E-state index contributed by atoms with van der Waals surface area (Å²) >= 11 is 1.59. The molecule has 27 heavy (non-hydrogen) atoms. The van der Waals surface area contributed by atoms with Gasteiger partial charge in [0.15, 0.2) is 12.6 Å². The first-order chi connectivity index (χ1) is 12.8. The van der Waals surface area contributed by atoms with E-state index in [1.807, 2.05) is 5.38 Å². The summed E-state index contributed by atoms with van der Waals surface area (Å²) in [5, 5.41) is 9.30. The fraction of sp³-hybridized carbons (Fsp3) is 0.471. The predicted octanol–water partition coefficient (Wildman–Crippen LogP) is 3.47. The van der Waals surface area contributed by atoms with Crippen LogP contribution in [0.1, 0.15) is 36.0 Å². The molecule has 0 unspecified atom stereocenters. The number of hydrogen-bond donors (Lipinski definition) is 2. The summed E-state index contributed by atoms with van der Waals surface area (Å²) in [7, 11) is 1.66. The molecule has 2 heterocycles. The summed E-state index contributed by atoms with van der Waals surface area (Å²) in [5.74, 6) is 0.917. The number of aliphatic imine (C=N–C) groups is 1. The van der Waals surface area contributed by atoms with Crippen LogP contribution in [0.3, 0.4) is 0 Å². The van der Waals surface area contributed by atoms with E-state index in [0.29, 0.717) is 25.0 Å². The third-order valence-corrected chi connectivity index (χ3v) is 4.30.